The summed E-state index contributed by atoms with van der Waals surface area (Å²) in [7, 11) is 0. The van der Waals surface area contributed by atoms with Crippen LogP contribution < -0.4 is 5.32 Å². The molecule has 2 N–H and O–H groups in total. The third kappa shape index (κ3) is 2.65. The fraction of sp³-hybridized carbons (Fsp3) is 0.176. The number of fused-ring (bicyclic) bond motifs is 1. The molecule has 3 aromatic rings. The molecule has 0 aliphatic carbocycles. The lowest BCUT2D eigenvalue weighted by atomic mass is 10.0. The summed E-state index contributed by atoms with van der Waals surface area (Å²) in [5.74, 6) is 0.355. The summed E-state index contributed by atoms with van der Waals surface area (Å²) in [6.07, 6.45) is 1.67. The van der Waals surface area contributed by atoms with Gasteiger partial charge in [0.1, 0.15) is 0 Å². The van der Waals surface area contributed by atoms with Crippen LogP contribution in [0.5, 0.6) is 0 Å². The second-order valence-corrected chi connectivity index (χ2v) is 5.37. The van der Waals surface area contributed by atoms with Gasteiger partial charge in [-0.1, -0.05) is 32.0 Å². The molecule has 3 rings (SSSR count). The summed E-state index contributed by atoms with van der Waals surface area (Å²) < 4.78 is 0. The molecule has 0 saturated carbocycles. The molecule has 4 nitrogen and oxygen atoms in total. The van der Waals surface area contributed by atoms with Crippen LogP contribution in [0, 0.1) is 0 Å². The van der Waals surface area contributed by atoms with E-state index in [1.807, 2.05) is 36.4 Å². The first-order valence-electron chi connectivity index (χ1n) is 6.98. The quantitative estimate of drug-likeness (QED) is 0.763. The van der Waals surface area contributed by atoms with E-state index in [1.54, 1.807) is 12.3 Å². The molecule has 2 aromatic carbocycles. The number of carbonyl (C=O) groups is 1. The lowest BCUT2D eigenvalue weighted by molar-refractivity contribution is 0.102. The first kappa shape index (κ1) is 13.4. The molecule has 1 amide bonds. The number of benzene rings is 2. The van der Waals surface area contributed by atoms with Crippen LogP contribution in [0.2, 0.25) is 0 Å². The van der Waals surface area contributed by atoms with Gasteiger partial charge in [-0.25, -0.2) is 0 Å². The fourth-order valence-corrected chi connectivity index (χ4v) is 2.32. The third-order valence-electron chi connectivity index (χ3n) is 3.56. The monoisotopic (exact) mass is 279 g/mol. The highest BCUT2D eigenvalue weighted by Crippen LogP contribution is 2.20. The topological polar surface area (TPSA) is 57.8 Å². The second-order valence-electron chi connectivity index (χ2n) is 5.37. The number of carbonyl (C=O) groups excluding carboxylic acids is 1. The summed E-state index contributed by atoms with van der Waals surface area (Å²) in [4.78, 5) is 12.4. The number of nitrogens with one attached hydrogen (secondary N) is 2. The van der Waals surface area contributed by atoms with E-state index in [-0.39, 0.29) is 5.91 Å². The lowest BCUT2D eigenvalue weighted by Crippen LogP contribution is -2.12. The van der Waals surface area contributed by atoms with Gasteiger partial charge in [0.05, 0.1) is 17.3 Å². The number of aromatic amines is 1. The number of rotatable bonds is 3. The number of anilines is 1. The van der Waals surface area contributed by atoms with Crippen LogP contribution in [0.4, 0.5) is 5.69 Å². The number of H-pyrrole nitrogens is 1. The molecule has 106 valence electrons. The maximum Gasteiger partial charge on any atom is 0.256 e. The van der Waals surface area contributed by atoms with Crippen molar-refractivity contribution in [1.29, 1.82) is 0 Å². The van der Waals surface area contributed by atoms with E-state index in [2.05, 4.69) is 29.4 Å². The molecule has 0 bridgehead atoms. The zero-order valence-corrected chi connectivity index (χ0v) is 12.1. The van der Waals surface area contributed by atoms with Crippen molar-refractivity contribution in [3.8, 4) is 0 Å². The Morgan fingerprint density at radius 3 is 2.62 bits per heavy atom. The van der Waals surface area contributed by atoms with Gasteiger partial charge in [-0.3, -0.25) is 9.89 Å². The maximum absolute atomic E-state index is 12.4. The predicted octanol–water partition coefficient (Wildman–Crippen LogP) is 3.94. The Labute approximate surface area is 123 Å². The molecule has 21 heavy (non-hydrogen) atoms. The van der Waals surface area contributed by atoms with E-state index in [1.165, 1.54) is 5.56 Å². The summed E-state index contributed by atoms with van der Waals surface area (Å²) in [5, 5.41) is 10.6. The number of hydrogen-bond donors (Lipinski definition) is 2. The van der Waals surface area contributed by atoms with Crippen molar-refractivity contribution in [3.05, 3.63) is 59.8 Å². The van der Waals surface area contributed by atoms with Crippen LogP contribution in [-0.4, -0.2) is 16.1 Å². The molecule has 0 atom stereocenters. The predicted molar refractivity (Wildman–Crippen MR) is 84.6 cm³/mol. The minimum absolute atomic E-state index is 0.126. The highest BCUT2D eigenvalue weighted by molar-refractivity contribution is 6.12. The van der Waals surface area contributed by atoms with E-state index < -0.39 is 0 Å². The molecule has 0 aliphatic heterocycles. The van der Waals surface area contributed by atoms with Crippen LogP contribution in [0.25, 0.3) is 10.9 Å². The Morgan fingerprint density at radius 1 is 1.14 bits per heavy atom. The first-order chi connectivity index (χ1) is 10.1. The summed E-state index contributed by atoms with van der Waals surface area (Å²) in [6, 6.07) is 13.5. The smallest absolute Gasteiger partial charge is 0.256 e. The molecule has 4 heteroatoms. The van der Waals surface area contributed by atoms with Gasteiger partial charge in [0, 0.05) is 11.1 Å². The van der Waals surface area contributed by atoms with E-state index in [0.29, 0.717) is 11.5 Å². The largest absolute Gasteiger partial charge is 0.322 e. The van der Waals surface area contributed by atoms with Crippen molar-refractivity contribution in [1.82, 2.24) is 10.2 Å². The third-order valence-corrected chi connectivity index (χ3v) is 3.56. The van der Waals surface area contributed by atoms with Crippen LogP contribution in [0.3, 0.4) is 0 Å². The van der Waals surface area contributed by atoms with E-state index in [0.717, 1.165) is 16.6 Å². The zero-order valence-electron chi connectivity index (χ0n) is 12.1. The van der Waals surface area contributed by atoms with Gasteiger partial charge in [0.25, 0.3) is 5.91 Å². The van der Waals surface area contributed by atoms with Gasteiger partial charge in [-0.15, -0.1) is 0 Å². The molecule has 1 heterocycles. The van der Waals surface area contributed by atoms with Crippen molar-refractivity contribution >= 4 is 22.5 Å². The van der Waals surface area contributed by atoms with Crippen LogP contribution in [-0.2, 0) is 0 Å². The van der Waals surface area contributed by atoms with Crippen molar-refractivity contribution in [2.45, 2.75) is 19.8 Å². The number of aromatic nitrogens is 2. The number of nitrogens with zero attached hydrogens (tertiary/aromatic N) is 1. The molecular weight excluding hydrogens is 262 g/mol. The van der Waals surface area contributed by atoms with E-state index >= 15 is 0 Å². The van der Waals surface area contributed by atoms with E-state index in [9.17, 15) is 4.79 Å². The van der Waals surface area contributed by atoms with Crippen LogP contribution >= 0.6 is 0 Å². The summed E-state index contributed by atoms with van der Waals surface area (Å²) >= 11 is 0. The van der Waals surface area contributed by atoms with Crippen molar-refractivity contribution in [2.75, 3.05) is 5.32 Å². The fourth-order valence-electron chi connectivity index (χ4n) is 2.32. The average molecular weight is 279 g/mol. The Kier molecular flexibility index (Phi) is 3.44. The van der Waals surface area contributed by atoms with Gasteiger partial charge in [-0.2, -0.15) is 5.10 Å². The van der Waals surface area contributed by atoms with Gasteiger partial charge in [0.15, 0.2) is 0 Å². The minimum Gasteiger partial charge on any atom is -0.322 e. The molecule has 1 aromatic heterocycles. The summed E-state index contributed by atoms with van der Waals surface area (Å²) in [6.45, 7) is 4.29. The molecule has 0 spiro atoms. The zero-order chi connectivity index (χ0) is 14.8. The van der Waals surface area contributed by atoms with E-state index in [4.69, 9.17) is 0 Å². The number of hydrogen-bond acceptors (Lipinski definition) is 2. The van der Waals surface area contributed by atoms with Crippen molar-refractivity contribution < 1.29 is 4.79 Å². The molecule has 0 unspecified atom stereocenters. The highest BCUT2D eigenvalue weighted by Gasteiger charge is 2.11. The molecule has 0 radical (unpaired) electrons. The molecule has 0 saturated heterocycles. The Morgan fingerprint density at radius 2 is 1.90 bits per heavy atom. The Bertz CT molecular complexity index is 772. The normalized spacial score (nSPS) is 11.0. The van der Waals surface area contributed by atoms with Crippen LogP contribution in [0.1, 0.15) is 35.7 Å². The maximum atomic E-state index is 12.4. The van der Waals surface area contributed by atoms with Gasteiger partial charge in [0.2, 0.25) is 0 Å². The van der Waals surface area contributed by atoms with Gasteiger partial charge < -0.3 is 5.32 Å². The first-order valence-corrected chi connectivity index (χ1v) is 6.98. The molecular formula is C17H17N3O. The molecule has 0 fully saturated rings. The van der Waals surface area contributed by atoms with Crippen LogP contribution in [0.15, 0.2) is 48.7 Å². The van der Waals surface area contributed by atoms with Gasteiger partial charge in [-0.05, 0) is 35.7 Å². The number of amides is 1. The standard InChI is InChI=1S/C17H17N3O/c1-11(2)12-6-8-13(9-7-12)19-17(21)14-4-3-5-16-15(14)10-18-20-16/h3-11H,1-2H3,(H,18,20)(H,19,21). The van der Waals surface area contributed by atoms with Crippen molar-refractivity contribution in [3.63, 3.8) is 0 Å². The second kappa shape index (κ2) is 5.40. The Hall–Kier alpha value is -2.62. The average Bonchev–Trinajstić information content (AvgIpc) is 2.96. The highest BCUT2D eigenvalue weighted by atomic mass is 16.1. The SMILES string of the molecule is CC(C)c1ccc(NC(=O)c2cccc3[nH]ncc23)cc1. The lowest BCUT2D eigenvalue weighted by Gasteiger charge is -2.09. The molecule has 0 aliphatic rings. The van der Waals surface area contributed by atoms with Crippen molar-refractivity contribution in [2.24, 2.45) is 0 Å². The Balaban J connectivity index is 1.84. The van der Waals surface area contributed by atoms with Gasteiger partial charge >= 0.3 is 0 Å². The minimum atomic E-state index is -0.126. The summed E-state index contributed by atoms with van der Waals surface area (Å²) in [5.41, 5.74) is 3.53.